The minimum Gasteiger partial charge on any atom is -0.319 e. The summed E-state index contributed by atoms with van der Waals surface area (Å²) >= 11 is 3.38. The molecular weight excluding hydrogens is 259 g/mol. The van der Waals surface area contributed by atoms with Gasteiger partial charge in [0.1, 0.15) is 16.2 Å². The van der Waals surface area contributed by atoms with Gasteiger partial charge in [0.25, 0.3) is 0 Å². The number of imidazole rings is 1. The van der Waals surface area contributed by atoms with Gasteiger partial charge >= 0.3 is 0 Å². The van der Waals surface area contributed by atoms with Crippen LogP contribution in [-0.2, 0) is 6.54 Å². The fourth-order valence-corrected chi connectivity index (χ4v) is 2.03. The first-order chi connectivity index (χ1) is 7.24. The van der Waals surface area contributed by atoms with E-state index < -0.39 is 0 Å². The maximum atomic E-state index is 13.5. The Kier molecular flexibility index (Phi) is 2.86. The largest absolute Gasteiger partial charge is 0.319 e. The van der Waals surface area contributed by atoms with Gasteiger partial charge in [0.05, 0.1) is 11.8 Å². The number of benzene rings is 1. The van der Waals surface area contributed by atoms with E-state index in [1.165, 1.54) is 6.07 Å². The minimum atomic E-state index is -0.245. The fourth-order valence-electron chi connectivity index (χ4n) is 1.51. The minimum absolute atomic E-state index is 0.245. The van der Waals surface area contributed by atoms with Crippen molar-refractivity contribution >= 4 is 15.9 Å². The second-order valence-corrected chi connectivity index (χ2v) is 3.94. The first-order valence-corrected chi connectivity index (χ1v) is 5.49. The summed E-state index contributed by atoms with van der Waals surface area (Å²) in [4.78, 5) is 4.19. The smallest absolute Gasteiger partial charge is 0.143 e. The maximum Gasteiger partial charge on any atom is 0.143 e. The maximum absolute atomic E-state index is 13.5. The van der Waals surface area contributed by atoms with Crippen molar-refractivity contribution < 1.29 is 4.39 Å². The van der Waals surface area contributed by atoms with E-state index in [9.17, 15) is 4.39 Å². The van der Waals surface area contributed by atoms with Gasteiger partial charge in [0.15, 0.2) is 0 Å². The molecule has 1 aromatic carbocycles. The summed E-state index contributed by atoms with van der Waals surface area (Å²) in [5, 5.41) is 0. The molecule has 1 heterocycles. The lowest BCUT2D eigenvalue weighted by Gasteiger charge is -2.06. The molecule has 2 nitrogen and oxygen atoms in total. The van der Waals surface area contributed by atoms with Crippen LogP contribution in [0.4, 0.5) is 4.39 Å². The first kappa shape index (κ1) is 10.4. The summed E-state index contributed by atoms with van der Waals surface area (Å²) in [6, 6.07) is 6.66. The molecule has 0 unspecified atom stereocenters. The SMILES string of the molecule is CCn1c(Br)cnc1-c1ccccc1F. The summed E-state index contributed by atoms with van der Waals surface area (Å²) in [7, 11) is 0. The van der Waals surface area contributed by atoms with E-state index in [-0.39, 0.29) is 5.82 Å². The molecule has 1 aromatic heterocycles. The number of halogens is 2. The summed E-state index contributed by atoms with van der Waals surface area (Å²) < 4.78 is 16.3. The van der Waals surface area contributed by atoms with E-state index in [1.54, 1.807) is 24.4 Å². The highest BCUT2D eigenvalue weighted by molar-refractivity contribution is 9.10. The van der Waals surface area contributed by atoms with Gasteiger partial charge in [-0.1, -0.05) is 12.1 Å². The molecule has 0 saturated carbocycles. The Labute approximate surface area is 95.9 Å². The van der Waals surface area contributed by atoms with Crippen LogP contribution < -0.4 is 0 Å². The van der Waals surface area contributed by atoms with Crippen LogP contribution in [0.1, 0.15) is 6.92 Å². The number of rotatable bonds is 2. The molecule has 0 amide bonds. The number of aromatic nitrogens is 2. The van der Waals surface area contributed by atoms with Gasteiger partial charge < -0.3 is 4.57 Å². The van der Waals surface area contributed by atoms with E-state index in [2.05, 4.69) is 20.9 Å². The zero-order chi connectivity index (χ0) is 10.8. The predicted molar refractivity (Wildman–Crippen MR) is 61.0 cm³/mol. The van der Waals surface area contributed by atoms with E-state index in [4.69, 9.17) is 0 Å². The Hall–Kier alpha value is -1.16. The molecule has 0 N–H and O–H groups in total. The Morgan fingerprint density at radius 1 is 1.40 bits per heavy atom. The monoisotopic (exact) mass is 268 g/mol. The Morgan fingerprint density at radius 2 is 2.13 bits per heavy atom. The van der Waals surface area contributed by atoms with Crippen LogP contribution >= 0.6 is 15.9 Å². The highest BCUT2D eigenvalue weighted by atomic mass is 79.9. The number of hydrogen-bond donors (Lipinski definition) is 0. The van der Waals surface area contributed by atoms with E-state index >= 15 is 0 Å². The molecular formula is C11H10BrFN2. The average Bonchev–Trinajstić information content (AvgIpc) is 2.60. The van der Waals surface area contributed by atoms with E-state index in [0.717, 1.165) is 11.1 Å². The first-order valence-electron chi connectivity index (χ1n) is 4.70. The molecule has 78 valence electrons. The zero-order valence-corrected chi connectivity index (χ0v) is 9.83. The van der Waals surface area contributed by atoms with Crippen LogP contribution in [0.2, 0.25) is 0 Å². The molecule has 0 saturated heterocycles. The summed E-state index contributed by atoms with van der Waals surface area (Å²) in [5.74, 6) is 0.410. The molecule has 15 heavy (non-hydrogen) atoms. The van der Waals surface area contributed by atoms with Crippen LogP contribution in [0.15, 0.2) is 35.1 Å². The quantitative estimate of drug-likeness (QED) is 0.816. The molecule has 0 bridgehead atoms. The molecule has 0 aliphatic rings. The second-order valence-electron chi connectivity index (χ2n) is 3.13. The van der Waals surface area contributed by atoms with Gasteiger partial charge in [-0.2, -0.15) is 0 Å². The van der Waals surface area contributed by atoms with Crippen LogP contribution in [-0.4, -0.2) is 9.55 Å². The van der Waals surface area contributed by atoms with Crippen molar-refractivity contribution in [1.82, 2.24) is 9.55 Å². The van der Waals surface area contributed by atoms with Crippen molar-refractivity contribution in [1.29, 1.82) is 0 Å². The highest BCUT2D eigenvalue weighted by Gasteiger charge is 2.11. The van der Waals surface area contributed by atoms with Crippen molar-refractivity contribution in [2.75, 3.05) is 0 Å². The van der Waals surface area contributed by atoms with Crippen molar-refractivity contribution in [3.63, 3.8) is 0 Å². The van der Waals surface area contributed by atoms with Gasteiger partial charge in [0, 0.05) is 6.54 Å². The van der Waals surface area contributed by atoms with Crippen molar-refractivity contribution in [3.8, 4) is 11.4 Å². The lowest BCUT2D eigenvalue weighted by molar-refractivity contribution is 0.627. The van der Waals surface area contributed by atoms with Crippen molar-refractivity contribution in [2.45, 2.75) is 13.5 Å². The molecule has 0 radical (unpaired) electrons. The Bertz CT molecular complexity index is 479. The fraction of sp³-hybridized carbons (Fsp3) is 0.182. The van der Waals surface area contributed by atoms with Gasteiger partial charge in [-0.25, -0.2) is 9.37 Å². The molecule has 0 atom stereocenters. The van der Waals surface area contributed by atoms with Crippen molar-refractivity contribution in [3.05, 3.63) is 40.9 Å². The number of hydrogen-bond acceptors (Lipinski definition) is 1. The molecule has 0 aliphatic carbocycles. The lowest BCUT2D eigenvalue weighted by Crippen LogP contribution is -1.99. The molecule has 0 aliphatic heterocycles. The lowest BCUT2D eigenvalue weighted by atomic mass is 10.2. The average molecular weight is 269 g/mol. The zero-order valence-electron chi connectivity index (χ0n) is 8.24. The molecule has 2 rings (SSSR count). The van der Waals surface area contributed by atoms with Crippen LogP contribution in [0.3, 0.4) is 0 Å². The Morgan fingerprint density at radius 3 is 2.80 bits per heavy atom. The topological polar surface area (TPSA) is 17.8 Å². The standard InChI is InChI=1S/C11H10BrFN2/c1-2-15-10(12)7-14-11(15)8-5-3-4-6-9(8)13/h3-7H,2H2,1H3. The molecule has 0 spiro atoms. The molecule has 0 fully saturated rings. The predicted octanol–water partition coefficient (Wildman–Crippen LogP) is 3.47. The van der Waals surface area contributed by atoms with Crippen LogP contribution in [0.25, 0.3) is 11.4 Å². The van der Waals surface area contributed by atoms with Gasteiger partial charge in [-0.3, -0.25) is 0 Å². The van der Waals surface area contributed by atoms with Gasteiger partial charge in [0.2, 0.25) is 0 Å². The van der Waals surface area contributed by atoms with Crippen molar-refractivity contribution in [2.24, 2.45) is 0 Å². The summed E-state index contributed by atoms with van der Waals surface area (Å²) in [6.07, 6.45) is 1.69. The summed E-state index contributed by atoms with van der Waals surface area (Å²) in [5.41, 5.74) is 0.532. The highest BCUT2D eigenvalue weighted by Crippen LogP contribution is 2.24. The van der Waals surface area contributed by atoms with E-state index in [0.29, 0.717) is 11.4 Å². The summed E-state index contributed by atoms with van der Waals surface area (Å²) in [6.45, 7) is 2.75. The van der Waals surface area contributed by atoms with E-state index in [1.807, 2.05) is 11.5 Å². The molecule has 2 aromatic rings. The van der Waals surface area contributed by atoms with Gasteiger partial charge in [-0.05, 0) is 35.0 Å². The second kappa shape index (κ2) is 4.14. The number of nitrogens with zero attached hydrogens (tertiary/aromatic N) is 2. The van der Waals surface area contributed by atoms with Crippen LogP contribution in [0.5, 0.6) is 0 Å². The Balaban J connectivity index is 2.59. The third-order valence-corrected chi connectivity index (χ3v) is 2.87. The van der Waals surface area contributed by atoms with Crippen LogP contribution in [0, 0.1) is 5.82 Å². The third-order valence-electron chi connectivity index (χ3n) is 2.24. The van der Waals surface area contributed by atoms with Gasteiger partial charge in [-0.15, -0.1) is 0 Å². The molecule has 4 heteroatoms. The third kappa shape index (κ3) is 1.81. The normalized spacial score (nSPS) is 10.6.